The van der Waals surface area contributed by atoms with Crippen LogP contribution in [-0.4, -0.2) is 34.7 Å². The third-order valence-corrected chi connectivity index (χ3v) is 6.13. The third kappa shape index (κ3) is 4.71. The average molecular weight is 488 g/mol. The minimum Gasteiger partial charge on any atom is -0.334 e. The number of halogens is 3. The number of hydrogen-bond donors (Lipinski definition) is 3. The summed E-state index contributed by atoms with van der Waals surface area (Å²) in [5.74, 6) is -4.55. The number of rotatable bonds is 5. The lowest BCUT2D eigenvalue weighted by molar-refractivity contribution is -0.136. The van der Waals surface area contributed by atoms with Crippen LogP contribution in [-0.2, 0) is 22.7 Å². The number of hydrogen-bond acceptors (Lipinski definition) is 4. The molecular formula is C24H23F3N4O4. The standard InChI is InChI=1S/C24H23F3N4O4/c1-11(2)14-7-16(25)17(26)8-18(14)29-24(35)28-9-12-3-4-13-15(21(12)27)10-31(23(13)34)19-5-6-20(32)30-22(19)33/h3-4,7-8,11,19H,5-6,9-10H2,1-2H3,(H2,28,29,35)(H,30,32,33). The Balaban J connectivity index is 1.45. The number of amides is 5. The Morgan fingerprint density at radius 3 is 2.54 bits per heavy atom. The van der Waals surface area contributed by atoms with Crippen molar-refractivity contribution in [2.45, 2.75) is 51.7 Å². The lowest BCUT2D eigenvalue weighted by Gasteiger charge is -2.29. The van der Waals surface area contributed by atoms with E-state index < -0.39 is 47.2 Å². The van der Waals surface area contributed by atoms with Gasteiger partial charge in [-0.15, -0.1) is 0 Å². The lowest BCUT2D eigenvalue weighted by atomic mass is 10.0. The van der Waals surface area contributed by atoms with E-state index in [1.807, 2.05) is 0 Å². The number of carbonyl (C=O) groups is 4. The van der Waals surface area contributed by atoms with Crippen LogP contribution in [0.1, 0.15) is 59.7 Å². The second kappa shape index (κ2) is 9.40. The first-order valence-corrected chi connectivity index (χ1v) is 11.1. The van der Waals surface area contributed by atoms with Crippen LogP contribution in [0.2, 0.25) is 0 Å². The number of carbonyl (C=O) groups excluding carboxylic acids is 4. The molecule has 0 aromatic heterocycles. The van der Waals surface area contributed by atoms with Gasteiger partial charge in [0.25, 0.3) is 5.91 Å². The van der Waals surface area contributed by atoms with Gasteiger partial charge in [0.1, 0.15) is 11.9 Å². The van der Waals surface area contributed by atoms with E-state index in [0.717, 1.165) is 12.1 Å². The van der Waals surface area contributed by atoms with Gasteiger partial charge in [-0.1, -0.05) is 19.9 Å². The van der Waals surface area contributed by atoms with Crippen LogP contribution < -0.4 is 16.0 Å². The number of anilines is 1. The second-order valence-electron chi connectivity index (χ2n) is 8.78. The van der Waals surface area contributed by atoms with E-state index in [0.29, 0.717) is 5.56 Å². The van der Waals surface area contributed by atoms with E-state index >= 15 is 4.39 Å². The molecule has 2 aromatic rings. The molecule has 0 bridgehead atoms. The van der Waals surface area contributed by atoms with Crippen LogP contribution in [0.4, 0.5) is 23.7 Å². The van der Waals surface area contributed by atoms with Crippen LogP contribution in [0.25, 0.3) is 0 Å². The van der Waals surface area contributed by atoms with Crippen LogP contribution in [0.3, 0.4) is 0 Å². The second-order valence-corrected chi connectivity index (χ2v) is 8.78. The Kier molecular flexibility index (Phi) is 6.51. The predicted octanol–water partition coefficient (Wildman–Crippen LogP) is 3.31. The SMILES string of the molecule is CC(C)c1cc(F)c(F)cc1NC(=O)NCc1ccc2c(c1F)CN(C1CCC(=O)NC1=O)C2=O. The van der Waals surface area contributed by atoms with Gasteiger partial charge in [-0.25, -0.2) is 18.0 Å². The molecule has 0 saturated carbocycles. The third-order valence-electron chi connectivity index (χ3n) is 6.13. The van der Waals surface area contributed by atoms with Crippen molar-refractivity contribution in [2.24, 2.45) is 0 Å². The highest BCUT2D eigenvalue weighted by Gasteiger charge is 2.40. The first kappa shape index (κ1) is 24.2. The highest BCUT2D eigenvalue weighted by atomic mass is 19.2. The predicted molar refractivity (Wildman–Crippen MR) is 119 cm³/mol. The number of nitrogens with zero attached hydrogens (tertiary/aromatic N) is 1. The maximum Gasteiger partial charge on any atom is 0.319 e. The first-order chi connectivity index (χ1) is 16.6. The molecule has 5 amide bonds. The number of benzene rings is 2. The van der Waals surface area contributed by atoms with Crippen LogP contribution in [0.15, 0.2) is 24.3 Å². The van der Waals surface area contributed by atoms with Crippen LogP contribution in [0, 0.1) is 17.5 Å². The van der Waals surface area contributed by atoms with Gasteiger partial charge >= 0.3 is 6.03 Å². The first-order valence-electron chi connectivity index (χ1n) is 11.1. The lowest BCUT2D eigenvalue weighted by Crippen LogP contribution is -2.52. The molecule has 1 atom stereocenters. The molecule has 11 heteroatoms. The molecule has 4 rings (SSSR count). The van der Waals surface area contributed by atoms with Gasteiger partial charge in [-0.3, -0.25) is 19.7 Å². The minimum atomic E-state index is -1.11. The van der Waals surface area contributed by atoms with Crippen molar-refractivity contribution in [2.75, 3.05) is 5.32 Å². The summed E-state index contributed by atoms with van der Waals surface area (Å²) < 4.78 is 42.5. The number of nitrogens with one attached hydrogen (secondary N) is 3. The molecule has 0 aliphatic carbocycles. The van der Waals surface area contributed by atoms with Gasteiger partial charge in [0.2, 0.25) is 11.8 Å². The van der Waals surface area contributed by atoms with Crippen molar-refractivity contribution in [3.63, 3.8) is 0 Å². The van der Waals surface area contributed by atoms with E-state index in [4.69, 9.17) is 0 Å². The highest BCUT2D eigenvalue weighted by Crippen LogP contribution is 2.31. The number of fused-ring (bicyclic) bond motifs is 1. The van der Waals surface area contributed by atoms with Crippen LogP contribution >= 0.6 is 0 Å². The van der Waals surface area contributed by atoms with Gasteiger partial charge in [0, 0.05) is 41.4 Å². The molecule has 2 aliphatic rings. The molecule has 2 heterocycles. The van der Waals surface area contributed by atoms with Gasteiger partial charge in [-0.2, -0.15) is 0 Å². The summed E-state index contributed by atoms with van der Waals surface area (Å²) in [6.45, 7) is 3.14. The van der Waals surface area contributed by atoms with Gasteiger partial charge < -0.3 is 15.5 Å². The zero-order valence-electron chi connectivity index (χ0n) is 19.0. The van der Waals surface area contributed by atoms with Crippen molar-refractivity contribution in [1.29, 1.82) is 0 Å². The summed E-state index contributed by atoms with van der Waals surface area (Å²) in [5.41, 5.74) is 0.809. The minimum absolute atomic E-state index is 0.0831. The van der Waals surface area contributed by atoms with Crippen molar-refractivity contribution in [3.05, 3.63) is 64.0 Å². The zero-order valence-corrected chi connectivity index (χ0v) is 19.0. The fraction of sp³-hybridized carbons (Fsp3) is 0.333. The summed E-state index contributed by atoms with van der Waals surface area (Å²) in [5, 5.41) is 7.11. The fourth-order valence-electron chi connectivity index (χ4n) is 4.28. The Morgan fingerprint density at radius 2 is 1.86 bits per heavy atom. The molecule has 184 valence electrons. The van der Waals surface area contributed by atoms with E-state index in [9.17, 15) is 28.0 Å². The van der Waals surface area contributed by atoms with Crippen molar-refractivity contribution >= 4 is 29.4 Å². The van der Waals surface area contributed by atoms with Gasteiger partial charge in [0.05, 0.1) is 6.54 Å². The summed E-state index contributed by atoms with van der Waals surface area (Å²) >= 11 is 0. The topological polar surface area (TPSA) is 108 Å². The highest BCUT2D eigenvalue weighted by molar-refractivity contribution is 6.05. The molecule has 1 saturated heterocycles. The van der Waals surface area contributed by atoms with Crippen molar-refractivity contribution < 1.29 is 32.3 Å². The Labute approximate surface area is 198 Å². The molecule has 0 radical (unpaired) electrons. The zero-order chi connectivity index (χ0) is 25.4. The Bertz CT molecular complexity index is 1250. The van der Waals surface area contributed by atoms with Gasteiger partial charge in [-0.05, 0) is 30.0 Å². The van der Waals surface area contributed by atoms with Crippen LogP contribution in [0.5, 0.6) is 0 Å². The maximum absolute atomic E-state index is 15.2. The number of piperidine rings is 1. The number of imide groups is 1. The smallest absolute Gasteiger partial charge is 0.319 e. The summed E-state index contributed by atoms with van der Waals surface area (Å²) in [4.78, 5) is 49.9. The van der Waals surface area contributed by atoms with E-state index in [2.05, 4.69) is 16.0 Å². The normalized spacial score (nSPS) is 17.5. The Morgan fingerprint density at radius 1 is 1.14 bits per heavy atom. The van der Waals surface area contributed by atoms with Crippen molar-refractivity contribution in [3.8, 4) is 0 Å². The largest absolute Gasteiger partial charge is 0.334 e. The Hall–Kier alpha value is -3.89. The molecular weight excluding hydrogens is 465 g/mol. The van der Waals surface area contributed by atoms with E-state index in [1.165, 1.54) is 17.0 Å². The molecule has 2 aliphatic heterocycles. The molecule has 2 aromatic carbocycles. The average Bonchev–Trinajstić information content (AvgIpc) is 3.12. The summed E-state index contributed by atoms with van der Waals surface area (Å²) in [6, 6.07) is 3.06. The maximum atomic E-state index is 15.2. The monoisotopic (exact) mass is 488 g/mol. The van der Waals surface area contributed by atoms with E-state index in [1.54, 1.807) is 13.8 Å². The molecule has 1 unspecified atom stereocenters. The van der Waals surface area contributed by atoms with Gasteiger partial charge in [0.15, 0.2) is 11.6 Å². The molecule has 0 spiro atoms. The summed E-state index contributed by atoms with van der Waals surface area (Å²) in [6.07, 6.45) is 0.239. The summed E-state index contributed by atoms with van der Waals surface area (Å²) in [7, 11) is 0. The van der Waals surface area contributed by atoms with Crippen molar-refractivity contribution in [1.82, 2.24) is 15.5 Å². The fourth-order valence-corrected chi connectivity index (χ4v) is 4.28. The quantitative estimate of drug-likeness (QED) is 0.562. The number of urea groups is 1. The molecule has 3 N–H and O–H groups in total. The van der Waals surface area contributed by atoms with E-state index in [-0.39, 0.29) is 54.2 Å². The molecule has 35 heavy (non-hydrogen) atoms. The molecule has 8 nitrogen and oxygen atoms in total. The molecule has 1 fully saturated rings.